The van der Waals surface area contributed by atoms with Gasteiger partial charge in [-0.1, -0.05) is 13.8 Å². The number of rotatable bonds is 1. The number of pyridine rings is 2. The molecule has 2 aromatic rings. The fraction of sp³-hybridized carbons (Fsp3) is 0.286. The number of hydrogen-bond acceptors (Lipinski definition) is 3. The Morgan fingerprint density at radius 1 is 1.11 bits per heavy atom. The van der Waals surface area contributed by atoms with Crippen LogP contribution in [0.3, 0.4) is 0 Å². The van der Waals surface area contributed by atoms with E-state index in [0.29, 0.717) is 0 Å². The maximum Gasteiger partial charge on any atom is 0.141 e. The molecule has 0 saturated carbocycles. The van der Waals surface area contributed by atoms with Gasteiger partial charge in [0.15, 0.2) is 0 Å². The van der Waals surface area contributed by atoms with Crippen LogP contribution in [0.25, 0.3) is 0 Å². The summed E-state index contributed by atoms with van der Waals surface area (Å²) in [5.74, 6) is 0.525. The fourth-order valence-corrected chi connectivity index (χ4v) is 0.981. The van der Waals surface area contributed by atoms with E-state index >= 15 is 0 Å². The maximum absolute atomic E-state index is 11.8. The van der Waals surface area contributed by atoms with Gasteiger partial charge in [0.05, 0.1) is 19.5 Å². The van der Waals surface area contributed by atoms with Crippen molar-refractivity contribution in [1.29, 1.82) is 0 Å². The largest absolute Gasteiger partial charge is 0.495 e. The number of halogens is 1. The van der Waals surface area contributed by atoms with Crippen LogP contribution in [0, 0.1) is 12.7 Å². The van der Waals surface area contributed by atoms with Crippen molar-refractivity contribution in [3.05, 3.63) is 54.4 Å². The third-order valence-electron chi connectivity index (χ3n) is 1.71. The van der Waals surface area contributed by atoms with Gasteiger partial charge >= 0.3 is 0 Å². The van der Waals surface area contributed by atoms with Crippen LogP contribution in [0.5, 0.6) is 5.75 Å². The van der Waals surface area contributed by atoms with E-state index in [1.165, 1.54) is 18.5 Å². The maximum atomic E-state index is 11.8. The summed E-state index contributed by atoms with van der Waals surface area (Å²) in [6, 6.07) is 4.84. The summed E-state index contributed by atoms with van der Waals surface area (Å²) in [6.07, 6.45) is 6.18. The molecule has 18 heavy (non-hydrogen) atoms. The van der Waals surface area contributed by atoms with Crippen LogP contribution in [0.15, 0.2) is 43.0 Å². The number of nitrogens with zero attached hydrogens (tertiary/aromatic N) is 2. The quantitative estimate of drug-likeness (QED) is 0.775. The van der Waals surface area contributed by atoms with Gasteiger partial charge in [-0.15, -0.1) is 0 Å². The van der Waals surface area contributed by atoms with Gasteiger partial charge in [-0.25, -0.2) is 4.39 Å². The lowest BCUT2D eigenvalue weighted by Crippen LogP contribution is -1.84. The lowest BCUT2D eigenvalue weighted by Gasteiger charge is -1.97. The van der Waals surface area contributed by atoms with Crippen LogP contribution in [0.1, 0.15) is 19.4 Å². The lowest BCUT2D eigenvalue weighted by molar-refractivity contribution is 0.412. The van der Waals surface area contributed by atoms with Crippen molar-refractivity contribution in [3.63, 3.8) is 0 Å². The second-order valence-electron chi connectivity index (χ2n) is 3.07. The first-order valence-electron chi connectivity index (χ1n) is 5.73. The van der Waals surface area contributed by atoms with Crippen molar-refractivity contribution in [2.24, 2.45) is 0 Å². The van der Waals surface area contributed by atoms with Gasteiger partial charge in [-0.2, -0.15) is 0 Å². The standard InChI is InChI=1S/C7H9NO.C5H4FN.C2H6/c1-6-3-7(9-2)5-8-4-6;6-5-2-1-3-7-4-5;1-2/h3-5H,1-2H3;1-4H;1-2H3. The summed E-state index contributed by atoms with van der Waals surface area (Å²) in [5.41, 5.74) is 1.12. The summed E-state index contributed by atoms with van der Waals surface area (Å²) in [4.78, 5) is 7.44. The molecule has 0 saturated heterocycles. The van der Waals surface area contributed by atoms with Gasteiger partial charge in [0.25, 0.3) is 0 Å². The van der Waals surface area contributed by atoms with Crippen molar-refractivity contribution < 1.29 is 9.13 Å². The molecule has 0 bridgehead atoms. The topological polar surface area (TPSA) is 35.0 Å². The first-order chi connectivity index (χ1) is 8.72. The number of hydrogen-bond donors (Lipinski definition) is 0. The monoisotopic (exact) mass is 250 g/mol. The molecular weight excluding hydrogens is 231 g/mol. The Morgan fingerprint density at radius 3 is 2.17 bits per heavy atom. The van der Waals surface area contributed by atoms with E-state index < -0.39 is 0 Å². The molecule has 0 aliphatic carbocycles. The summed E-state index contributed by atoms with van der Waals surface area (Å²) < 4.78 is 16.8. The predicted molar refractivity (Wildman–Crippen MR) is 71.1 cm³/mol. The first kappa shape index (κ1) is 16.0. The molecule has 2 rings (SSSR count). The number of aryl methyl sites for hydroxylation is 1. The molecule has 0 N–H and O–H groups in total. The van der Waals surface area contributed by atoms with Crippen molar-refractivity contribution in [2.75, 3.05) is 7.11 Å². The summed E-state index contributed by atoms with van der Waals surface area (Å²) in [6.45, 7) is 5.98. The molecule has 0 atom stereocenters. The highest BCUT2D eigenvalue weighted by atomic mass is 19.1. The SMILES string of the molecule is CC.COc1cncc(C)c1.Fc1cccnc1. The molecule has 0 aliphatic rings. The van der Waals surface area contributed by atoms with E-state index in [0.717, 1.165) is 11.3 Å². The Bertz CT molecular complexity index is 421. The molecule has 98 valence electrons. The second kappa shape index (κ2) is 10.2. The van der Waals surface area contributed by atoms with E-state index in [2.05, 4.69) is 9.97 Å². The van der Waals surface area contributed by atoms with Crippen LogP contribution in [-0.4, -0.2) is 17.1 Å². The molecule has 0 amide bonds. The van der Waals surface area contributed by atoms with Gasteiger partial charge < -0.3 is 4.74 Å². The van der Waals surface area contributed by atoms with Crippen LogP contribution in [0.2, 0.25) is 0 Å². The van der Waals surface area contributed by atoms with Gasteiger partial charge in [0, 0.05) is 12.4 Å². The summed E-state index contributed by atoms with van der Waals surface area (Å²) in [5, 5.41) is 0. The molecule has 0 unspecified atom stereocenters. The molecule has 0 fully saturated rings. The first-order valence-corrected chi connectivity index (χ1v) is 5.73. The number of methoxy groups -OCH3 is 1. The minimum absolute atomic E-state index is 0.289. The molecule has 2 heterocycles. The van der Waals surface area contributed by atoms with Crippen molar-refractivity contribution >= 4 is 0 Å². The number of aromatic nitrogens is 2. The second-order valence-corrected chi connectivity index (χ2v) is 3.07. The molecule has 0 aromatic carbocycles. The van der Waals surface area contributed by atoms with Crippen molar-refractivity contribution in [3.8, 4) is 5.75 Å². The van der Waals surface area contributed by atoms with E-state index in [1.807, 2.05) is 26.8 Å². The van der Waals surface area contributed by atoms with Crippen molar-refractivity contribution in [2.45, 2.75) is 20.8 Å². The highest BCUT2D eigenvalue weighted by Crippen LogP contribution is 2.07. The minimum atomic E-state index is -0.289. The van der Waals surface area contributed by atoms with Crippen LogP contribution >= 0.6 is 0 Å². The zero-order valence-electron chi connectivity index (χ0n) is 11.2. The molecular formula is C14H19FN2O. The Morgan fingerprint density at radius 2 is 1.83 bits per heavy atom. The number of ether oxygens (including phenoxy) is 1. The fourth-order valence-electron chi connectivity index (χ4n) is 0.981. The average molecular weight is 250 g/mol. The van der Waals surface area contributed by atoms with E-state index in [9.17, 15) is 4.39 Å². The molecule has 0 aliphatic heterocycles. The molecule has 3 nitrogen and oxygen atoms in total. The summed E-state index contributed by atoms with van der Waals surface area (Å²) >= 11 is 0. The highest BCUT2D eigenvalue weighted by molar-refractivity contribution is 5.21. The Labute approximate surface area is 108 Å². The van der Waals surface area contributed by atoms with Crippen LogP contribution in [0.4, 0.5) is 4.39 Å². The van der Waals surface area contributed by atoms with Crippen LogP contribution < -0.4 is 4.74 Å². The Balaban J connectivity index is 0.000000289. The van der Waals surface area contributed by atoms with Gasteiger partial charge in [0.2, 0.25) is 0 Å². The molecule has 0 spiro atoms. The third kappa shape index (κ3) is 7.33. The average Bonchev–Trinajstić information content (AvgIpc) is 2.42. The van der Waals surface area contributed by atoms with E-state index in [1.54, 1.807) is 25.6 Å². The normalized spacial score (nSPS) is 8.28. The molecule has 0 radical (unpaired) electrons. The highest BCUT2D eigenvalue weighted by Gasteiger charge is 1.88. The van der Waals surface area contributed by atoms with Gasteiger partial charge in [-0.3, -0.25) is 9.97 Å². The van der Waals surface area contributed by atoms with E-state index in [4.69, 9.17) is 4.74 Å². The Kier molecular flexibility index (Phi) is 9.08. The van der Waals surface area contributed by atoms with Gasteiger partial charge in [-0.05, 0) is 30.7 Å². The smallest absolute Gasteiger partial charge is 0.141 e. The van der Waals surface area contributed by atoms with E-state index in [-0.39, 0.29) is 5.82 Å². The summed E-state index contributed by atoms with van der Waals surface area (Å²) in [7, 11) is 1.64. The van der Waals surface area contributed by atoms with Gasteiger partial charge in [0.1, 0.15) is 11.6 Å². The molecule has 2 aromatic heterocycles. The molecule has 4 heteroatoms. The minimum Gasteiger partial charge on any atom is -0.495 e. The Hall–Kier alpha value is -1.97. The zero-order chi connectivity index (χ0) is 13.8. The van der Waals surface area contributed by atoms with Crippen molar-refractivity contribution in [1.82, 2.24) is 9.97 Å². The predicted octanol–water partition coefficient (Wildman–Crippen LogP) is 3.65. The van der Waals surface area contributed by atoms with Crippen LogP contribution in [-0.2, 0) is 0 Å². The zero-order valence-corrected chi connectivity index (χ0v) is 11.2. The lowest BCUT2D eigenvalue weighted by atomic mass is 10.3. The third-order valence-corrected chi connectivity index (χ3v) is 1.71.